The van der Waals surface area contributed by atoms with Crippen LogP contribution in [0.4, 0.5) is 0 Å². The lowest BCUT2D eigenvalue weighted by Gasteiger charge is -2.13. The highest BCUT2D eigenvalue weighted by molar-refractivity contribution is 9.10. The van der Waals surface area contributed by atoms with Crippen molar-refractivity contribution in [3.63, 3.8) is 0 Å². The van der Waals surface area contributed by atoms with E-state index in [1.165, 1.54) is 21.6 Å². The summed E-state index contributed by atoms with van der Waals surface area (Å²) in [6.07, 6.45) is 7.64. The highest BCUT2D eigenvalue weighted by Gasteiger charge is 2.23. The van der Waals surface area contributed by atoms with Crippen molar-refractivity contribution in [1.82, 2.24) is 5.32 Å². The van der Waals surface area contributed by atoms with Crippen LogP contribution >= 0.6 is 27.7 Å². The lowest BCUT2D eigenvalue weighted by molar-refractivity contribution is 0.568. The third-order valence-electron chi connectivity index (χ3n) is 3.96. The molecule has 0 amide bonds. The van der Waals surface area contributed by atoms with Gasteiger partial charge in [-0.1, -0.05) is 46.1 Å². The van der Waals surface area contributed by atoms with Crippen molar-refractivity contribution in [2.24, 2.45) is 0 Å². The van der Waals surface area contributed by atoms with Crippen LogP contribution in [0.3, 0.4) is 0 Å². The predicted molar refractivity (Wildman–Crippen MR) is 98.0 cm³/mol. The molecule has 112 valence electrons. The van der Waals surface area contributed by atoms with Crippen LogP contribution in [0.5, 0.6) is 0 Å². The number of hydrogen-bond donors (Lipinski definition) is 1. The second-order valence-corrected chi connectivity index (χ2v) is 7.35. The van der Waals surface area contributed by atoms with E-state index >= 15 is 0 Å². The van der Waals surface area contributed by atoms with Gasteiger partial charge in [0.25, 0.3) is 0 Å². The van der Waals surface area contributed by atoms with Crippen molar-refractivity contribution >= 4 is 27.7 Å². The molecule has 3 rings (SSSR count). The molecule has 0 saturated heterocycles. The van der Waals surface area contributed by atoms with Crippen LogP contribution in [0.25, 0.3) is 0 Å². The molecule has 0 fully saturated rings. The van der Waals surface area contributed by atoms with E-state index in [4.69, 9.17) is 6.42 Å². The van der Waals surface area contributed by atoms with Gasteiger partial charge in [0, 0.05) is 21.2 Å². The van der Waals surface area contributed by atoms with Gasteiger partial charge in [-0.2, -0.15) is 0 Å². The molecule has 22 heavy (non-hydrogen) atoms. The van der Waals surface area contributed by atoms with Crippen LogP contribution in [0.15, 0.2) is 51.8 Å². The number of halogens is 1. The monoisotopic (exact) mass is 371 g/mol. The number of rotatable bonds is 5. The molecule has 1 N–H and O–H groups in total. The molecule has 0 aliphatic heterocycles. The number of fused-ring (bicyclic) bond motifs is 1. The summed E-state index contributed by atoms with van der Waals surface area (Å²) in [5.41, 5.74) is 4.27. The van der Waals surface area contributed by atoms with Gasteiger partial charge in [0.15, 0.2) is 0 Å². The molecule has 2 aromatic carbocycles. The summed E-state index contributed by atoms with van der Waals surface area (Å²) in [5, 5.41) is 3.44. The Morgan fingerprint density at radius 1 is 1.27 bits per heavy atom. The fraction of sp³-hybridized carbons (Fsp3) is 0.263. The minimum Gasteiger partial charge on any atom is -0.299 e. The first kappa shape index (κ1) is 15.7. The van der Waals surface area contributed by atoms with E-state index in [1.807, 2.05) is 11.8 Å². The quantitative estimate of drug-likeness (QED) is 0.589. The molecule has 2 aromatic rings. The minimum atomic E-state index is 0.414. The molecular formula is C19H18BrNS. The van der Waals surface area contributed by atoms with E-state index in [0.29, 0.717) is 12.6 Å². The maximum absolute atomic E-state index is 5.36. The molecule has 3 heteroatoms. The topological polar surface area (TPSA) is 12.0 Å². The minimum absolute atomic E-state index is 0.414. The van der Waals surface area contributed by atoms with Crippen molar-refractivity contribution < 1.29 is 0 Å². The van der Waals surface area contributed by atoms with E-state index in [-0.39, 0.29) is 0 Å². The van der Waals surface area contributed by atoms with Gasteiger partial charge in [-0.15, -0.1) is 18.2 Å². The van der Waals surface area contributed by atoms with Crippen LogP contribution in [0, 0.1) is 12.3 Å². The molecule has 0 radical (unpaired) electrons. The van der Waals surface area contributed by atoms with Gasteiger partial charge in [-0.05, 0) is 47.7 Å². The molecule has 0 spiro atoms. The first-order chi connectivity index (χ1) is 10.8. The number of hydrogen-bond acceptors (Lipinski definition) is 2. The first-order valence-electron chi connectivity index (χ1n) is 7.44. The average molecular weight is 372 g/mol. The lowest BCUT2D eigenvalue weighted by Crippen LogP contribution is -2.19. The maximum Gasteiger partial charge on any atom is 0.0578 e. The molecule has 1 atom stereocenters. The predicted octanol–water partition coefficient (Wildman–Crippen LogP) is 4.95. The number of nitrogens with one attached hydrogen (secondary N) is 1. The summed E-state index contributed by atoms with van der Waals surface area (Å²) >= 11 is 5.46. The standard InChI is InChI=1S/C19H18BrNS/c1-2-11-21-18-10-9-17-16(18)7-4-8-19(17)22-13-14-5-3-6-15(20)12-14/h1,3-8,12,18,21H,9-11,13H2. The van der Waals surface area contributed by atoms with Gasteiger partial charge >= 0.3 is 0 Å². The summed E-state index contributed by atoms with van der Waals surface area (Å²) in [5.74, 6) is 3.67. The van der Waals surface area contributed by atoms with Gasteiger partial charge < -0.3 is 0 Å². The summed E-state index contributed by atoms with van der Waals surface area (Å²) < 4.78 is 1.14. The zero-order valence-corrected chi connectivity index (χ0v) is 14.7. The summed E-state index contributed by atoms with van der Waals surface area (Å²) in [4.78, 5) is 1.41. The molecule has 1 aliphatic rings. The fourth-order valence-corrected chi connectivity index (χ4v) is 4.46. The molecule has 1 aliphatic carbocycles. The third kappa shape index (κ3) is 3.57. The smallest absolute Gasteiger partial charge is 0.0578 e. The summed E-state index contributed by atoms with van der Waals surface area (Å²) in [6.45, 7) is 0.638. The van der Waals surface area contributed by atoms with Gasteiger partial charge in [0.05, 0.1) is 6.54 Å². The summed E-state index contributed by atoms with van der Waals surface area (Å²) in [6, 6.07) is 15.6. The van der Waals surface area contributed by atoms with E-state index in [1.54, 1.807) is 0 Å². The van der Waals surface area contributed by atoms with Crippen LogP contribution < -0.4 is 5.32 Å². The molecular weight excluding hydrogens is 354 g/mol. The fourth-order valence-electron chi connectivity index (χ4n) is 2.94. The largest absolute Gasteiger partial charge is 0.299 e. The van der Waals surface area contributed by atoms with Crippen LogP contribution in [0.2, 0.25) is 0 Å². The zero-order valence-electron chi connectivity index (χ0n) is 12.3. The third-order valence-corrected chi connectivity index (χ3v) is 5.63. The van der Waals surface area contributed by atoms with E-state index in [0.717, 1.165) is 23.1 Å². The normalized spacial score (nSPS) is 16.3. The first-order valence-corrected chi connectivity index (χ1v) is 9.21. The lowest BCUT2D eigenvalue weighted by atomic mass is 10.1. The number of benzene rings is 2. The van der Waals surface area contributed by atoms with E-state index < -0.39 is 0 Å². The molecule has 0 saturated carbocycles. The second-order valence-electron chi connectivity index (χ2n) is 5.42. The zero-order chi connectivity index (χ0) is 15.4. The average Bonchev–Trinajstić information content (AvgIpc) is 2.95. The van der Waals surface area contributed by atoms with Crippen molar-refractivity contribution in [3.8, 4) is 12.3 Å². The van der Waals surface area contributed by atoms with Crippen molar-refractivity contribution in [2.45, 2.75) is 29.5 Å². The Hall–Kier alpha value is -1.21. The number of terminal acetylenes is 1. The molecule has 0 bridgehead atoms. The van der Waals surface area contributed by atoms with Crippen molar-refractivity contribution in [3.05, 3.63) is 63.6 Å². The highest BCUT2D eigenvalue weighted by atomic mass is 79.9. The second kappa shape index (κ2) is 7.37. The van der Waals surface area contributed by atoms with Gasteiger partial charge in [0.1, 0.15) is 0 Å². The van der Waals surface area contributed by atoms with Crippen LogP contribution in [-0.4, -0.2) is 6.54 Å². The molecule has 0 aromatic heterocycles. The maximum atomic E-state index is 5.36. The number of thioether (sulfide) groups is 1. The Balaban J connectivity index is 1.73. The Morgan fingerprint density at radius 3 is 2.95 bits per heavy atom. The van der Waals surface area contributed by atoms with Crippen LogP contribution in [-0.2, 0) is 12.2 Å². The van der Waals surface area contributed by atoms with Gasteiger partial charge in [-0.3, -0.25) is 5.32 Å². The Bertz CT molecular complexity index is 705. The SMILES string of the molecule is C#CCNC1CCc2c(SCc3cccc(Br)c3)cccc21. The van der Waals surface area contributed by atoms with Gasteiger partial charge in [0.2, 0.25) is 0 Å². The van der Waals surface area contributed by atoms with E-state index in [2.05, 4.69) is 69.6 Å². The Morgan fingerprint density at radius 2 is 2.14 bits per heavy atom. The molecule has 0 heterocycles. The molecule has 1 unspecified atom stereocenters. The molecule has 1 nitrogen and oxygen atoms in total. The van der Waals surface area contributed by atoms with Crippen LogP contribution in [0.1, 0.15) is 29.2 Å². The Kier molecular flexibility index (Phi) is 5.25. The van der Waals surface area contributed by atoms with Crippen molar-refractivity contribution in [2.75, 3.05) is 6.54 Å². The highest BCUT2D eigenvalue weighted by Crippen LogP contribution is 2.38. The van der Waals surface area contributed by atoms with E-state index in [9.17, 15) is 0 Å². The summed E-state index contributed by atoms with van der Waals surface area (Å²) in [7, 11) is 0. The van der Waals surface area contributed by atoms with Crippen molar-refractivity contribution in [1.29, 1.82) is 0 Å². The Labute approximate surface area is 145 Å². The van der Waals surface area contributed by atoms with Gasteiger partial charge in [-0.25, -0.2) is 0 Å².